The molecule has 0 bridgehead atoms. The lowest BCUT2D eigenvalue weighted by molar-refractivity contribution is -0.147. The summed E-state index contributed by atoms with van der Waals surface area (Å²) >= 11 is 0. The normalized spacial score (nSPS) is 12.1. The fraction of sp³-hybridized carbons (Fsp3) is 0.222. The highest BCUT2D eigenvalue weighted by atomic mass is 16.5. The maximum absolute atomic E-state index is 10.5. The van der Waals surface area contributed by atoms with Crippen LogP contribution in [0.15, 0.2) is 18.2 Å². The molecule has 0 aliphatic rings. The highest BCUT2D eigenvalue weighted by Crippen LogP contribution is 2.28. The van der Waals surface area contributed by atoms with E-state index >= 15 is 0 Å². The highest BCUT2D eigenvalue weighted by Gasteiger charge is 2.20. The summed E-state index contributed by atoms with van der Waals surface area (Å²) in [5, 5.41) is 26.9. The number of hydrogen-bond donors (Lipinski definition) is 3. The molecule has 0 heterocycles. The Balaban J connectivity index is 3.13. The second-order valence-electron chi connectivity index (χ2n) is 2.67. The molecule has 14 heavy (non-hydrogen) atoms. The van der Waals surface area contributed by atoms with Crippen molar-refractivity contribution >= 4 is 5.97 Å². The molecule has 0 fully saturated rings. The number of rotatable bonds is 3. The molecule has 5 nitrogen and oxygen atoms in total. The van der Waals surface area contributed by atoms with Gasteiger partial charge in [0, 0.05) is 11.6 Å². The molecular weight excluding hydrogens is 188 g/mol. The number of ether oxygens (including phenoxy) is 1. The maximum Gasteiger partial charge on any atom is 0.337 e. The van der Waals surface area contributed by atoms with Crippen LogP contribution in [0.25, 0.3) is 0 Å². The Hall–Kier alpha value is -1.75. The molecular formula is C9H10O5. The molecule has 0 aliphatic carbocycles. The van der Waals surface area contributed by atoms with Gasteiger partial charge in [0.05, 0.1) is 7.11 Å². The Bertz CT molecular complexity index is 347. The summed E-state index contributed by atoms with van der Waals surface area (Å²) in [6.45, 7) is 0. The Morgan fingerprint density at radius 2 is 2.14 bits per heavy atom. The molecule has 1 aromatic rings. The van der Waals surface area contributed by atoms with Crippen LogP contribution in [0.1, 0.15) is 11.7 Å². The summed E-state index contributed by atoms with van der Waals surface area (Å²) in [4.78, 5) is 10.5. The predicted molar refractivity (Wildman–Crippen MR) is 47.3 cm³/mol. The minimum atomic E-state index is -1.65. The number of phenolic OH excluding ortho intramolecular Hbond substituents is 1. The van der Waals surface area contributed by atoms with Crippen molar-refractivity contribution in [2.75, 3.05) is 7.11 Å². The SMILES string of the molecule is COc1cc(O)ccc1C(O)C(=O)O. The smallest absolute Gasteiger partial charge is 0.337 e. The van der Waals surface area contributed by atoms with Gasteiger partial charge in [0.25, 0.3) is 0 Å². The molecule has 1 aromatic carbocycles. The summed E-state index contributed by atoms with van der Waals surface area (Å²) in [5.41, 5.74) is 0.109. The lowest BCUT2D eigenvalue weighted by Gasteiger charge is -2.11. The molecule has 0 amide bonds. The van der Waals surface area contributed by atoms with E-state index in [2.05, 4.69) is 0 Å². The molecule has 3 N–H and O–H groups in total. The van der Waals surface area contributed by atoms with E-state index in [1.54, 1.807) is 0 Å². The van der Waals surface area contributed by atoms with Gasteiger partial charge in [-0.15, -0.1) is 0 Å². The van der Waals surface area contributed by atoms with E-state index < -0.39 is 12.1 Å². The van der Waals surface area contributed by atoms with E-state index in [0.717, 1.165) is 0 Å². The van der Waals surface area contributed by atoms with Crippen molar-refractivity contribution in [1.29, 1.82) is 0 Å². The second kappa shape index (κ2) is 3.97. The lowest BCUT2D eigenvalue weighted by Crippen LogP contribution is -2.11. The molecule has 1 rings (SSSR count). The largest absolute Gasteiger partial charge is 0.508 e. The molecule has 1 unspecified atom stereocenters. The molecule has 0 radical (unpaired) electrons. The Labute approximate surface area is 80.2 Å². The summed E-state index contributed by atoms with van der Waals surface area (Å²) in [7, 11) is 1.33. The van der Waals surface area contributed by atoms with E-state index in [1.807, 2.05) is 0 Å². The number of methoxy groups -OCH3 is 1. The van der Waals surface area contributed by atoms with Crippen molar-refractivity contribution in [1.82, 2.24) is 0 Å². The number of aliphatic hydroxyl groups is 1. The van der Waals surface area contributed by atoms with Gasteiger partial charge >= 0.3 is 5.97 Å². The van der Waals surface area contributed by atoms with Crippen LogP contribution >= 0.6 is 0 Å². The first-order valence-corrected chi connectivity index (χ1v) is 3.84. The second-order valence-corrected chi connectivity index (χ2v) is 2.67. The summed E-state index contributed by atoms with van der Waals surface area (Å²) in [5.74, 6) is -1.28. The molecule has 0 spiro atoms. The minimum absolute atomic E-state index is 0.0526. The lowest BCUT2D eigenvalue weighted by atomic mass is 10.1. The van der Waals surface area contributed by atoms with Gasteiger partial charge in [0.15, 0.2) is 6.10 Å². The van der Waals surface area contributed by atoms with Crippen LogP contribution in [0.3, 0.4) is 0 Å². The van der Waals surface area contributed by atoms with Crippen LogP contribution in [-0.2, 0) is 4.79 Å². The van der Waals surface area contributed by atoms with E-state index in [0.29, 0.717) is 0 Å². The summed E-state index contributed by atoms with van der Waals surface area (Å²) < 4.78 is 4.81. The van der Waals surface area contributed by atoms with Crippen molar-refractivity contribution < 1.29 is 24.9 Å². The fourth-order valence-electron chi connectivity index (χ4n) is 1.06. The molecule has 76 valence electrons. The minimum Gasteiger partial charge on any atom is -0.508 e. The molecule has 0 saturated heterocycles. The Morgan fingerprint density at radius 3 is 2.64 bits per heavy atom. The topological polar surface area (TPSA) is 87.0 Å². The van der Waals surface area contributed by atoms with Gasteiger partial charge in [-0.05, 0) is 12.1 Å². The van der Waals surface area contributed by atoms with Crippen LogP contribution in [-0.4, -0.2) is 28.4 Å². The first-order chi connectivity index (χ1) is 6.56. The van der Waals surface area contributed by atoms with E-state index in [4.69, 9.17) is 14.9 Å². The van der Waals surface area contributed by atoms with Crippen molar-refractivity contribution in [3.63, 3.8) is 0 Å². The monoisotopic (exact) mass is 198 g/mol. The third-order valence-corrected chi connectivity index (χ3v) is 1.75. The van der Waals surface area contributed by atoms with Gasteiger partial charge in [-0.1, -0.05) is 0 Å². The average molecular weight is 198 g/mol. The van der Waals surface area contributed by atoms with Gasteiger partial charge in [0.1, 0.15) is 11.5 Å². The third-order valence-electron chi connectivity index (χ3n) is 1.75. The maximum atomic E-state index is 10.5. The van der Waals surface area contributed by atoms with Gasteiger partial charge in [-0.3, -0.25) is 0 Å². The highest BCUT2D eigenvalue weighted by molar-refractivity contribution is 5.75. The first-order valence-electron chi connectivity index (χ1n) is 3.84. The van der Waals surface area contributed by atoms with Gasteiger partial charge < -0.3 is 20.1 Å². The quantitative estimate of drug-likeness (QED) is 0.659. The van der Waals surface area contributed by atoms with E-state index in [-0.39, 0.29) is 17.1 Å². The fourth-order valence-corrected chi connectivity index (χ4v) is 1.06. The average Bonchev–Trinajstić information content (AvgIpc) is 2.16. The third kappa shape index (κ3) is 1.94. The molecule has 0 aliphatic heterocycles. The number of hydrogen-bond acceptors (Lipinski definition) is 4. The number of aromatic hydroxyl groups is 1. The standard InChI is InChI=1S/C9H10O5/c1-14-7-4-5(10)2-3-6(7)8(11)9(12)13/h2-4,8,10-11H,1H3,(H,12,13). The van der Waals surface area contributed by atoms with Crippen molar-refractivity contribution in [2.45, 2.75) is 6.10 Å². The zero-order valence-corrected chi connectivity index (χ0v) is 7.47. The van der Waals surface area contributed by atoms with Crippen LogP contribution in [0.4, 0.5) is 0 Å². The van der Waals surface area contributed by atoms with Crippen molar-refractivity contribution in [3.05, 3.63) is 23.8 Å². The van der Waals surface area contributed by atoms with Gasteiger partial charge in [0.2, 0.25) is 0 Å². The molecule has 0 aromatic heterocycles. The zero-order chi connectivity index (χ0) is 10.7. The van der Waals surface area contributed by atoms with Crippen molar-refractivity contribution in [2.24, 2.45) is 0 Å². The molecule has 0 saturated carbocycles. The molecule has 1 atom stereocenters. The van der Waals surface area contributed by atoms with E-state index in [1.165, 1.54) is 25.3 Å². The number of carboxylic acid groups (broad SMARTS) is 1. The van der Waals surface area contributed by atoms with E-state index in [9.17, 15) is 9.90 Å². The zero-order valence-electron chi connectivity index (χ0n) is 7.47. The molecule has 5 heteroatoms. The van der Waals surface area contributed by atoms with Crippen molar-refractivity contribution in [3.8, 4) is 11.5 Å². The van der Waals surface area contributed by atoms with Crippen LogP contribution in [0.2, 0.25) is 0 Å². The van der Waals surface area contributed by atoms with Gasteiger partial charge in [-0.25, -0.2) is 4.79 Å². The number of benzene rings is 1. The number of phenols is 1. The Morgan fingerprint density at radius 1 is 1.50 bits per heavy atom. The van der Waals surface area contributed by atoms with Gasteiger partial charge in [-0.2, -0.15) is 0 Å². The van der Waals surface area contributed by atoms with Crippen LogP contribution in [0.5, 0.6) is 11.5 Å². The van der Waals surface area contributed by atoms with Crippen LogP contribution < -0.4 is 4.74 Å². The summed E-state index contributed by atoms with van der Waals surface area (Å²) in [6, 6.07) is 3.82. The number of aliphatic carboxylic acids is 1. The number of carboxylic acids is 1. The number of carbonyl (C=O) groups is 1. The number of aliphatic hydroxyl groups excluding tert-OH is 1. The predicted octanol–water partition coefficient (Wildman–Crippen LogP) is 0.519. The summed E-state index contributed by atoms with van der Waals surface area (Å²) in [6.07, 6.45) is -1.65. The Kier molecular flexibility index (Phi) is 2.93. The first kappa shape index (κ1) is 10.3. The van der Waals surface area contributed by atoms with Crippen LogP contribution in [0, 0.1) is 0 Å².